The third kappa shape index (κ3) is 4.67. The number of para-hydroxylation sites is 1. The minimum absolute atomic E-state index is 0.000642. The maximum atomic E-state index is 12.3. The van der Waals surface area contributed by atoms with Crippen molar-refractivity contribution in [2.24, 2.45) is 0 Å². The van der Waals surface area contributed by atoms with Gasteiger partial charge in [0.05, 0.1) is 0 Å². The molecule has 0 saturated carbocycles. The lowest BCUT2D eigenvalue weighted by molar-refractivity contribution is -0.142. The van der Waals surface area contributed by atoms with Gasteiger partial charge in [-0.2, -0.15) is 0 Å². The number of hydrogen-bond donors (Lipinski definition) is 1. The van der Waals surface area contributed by atoms with E-state index in [1.807, 2.05) is 18.2 Å². The van der Waals surface area contributed by atoms with Crippen molar-refractivity contribution in [3.8, 4) is 0 Å². The molecule has 7 nitrogen and oxygen atoms in total. The molecular weight excluding hydrogens is 402 g/mol. The molecule has 0 atom stereocenters. The van der Waals surface area contributed by atoms with Crippen LogP contribution in [0.5, 0.6) is 0 Å². The van der Waals surface area contributed by atoms with Crippen LogP contribution in [0.1, 0.15) is 29.0 Å². The summed E-state index contributed by atoms with van der Waals surface area (Å²) in [4.78, 5) is 24.1. The number of aryl methyl sites for hydroxylation is 1. The molecule has 0 aliphatic rings. The first-order chi connectivity index (χ1) is 13.4. The van der Waals surface area contributed by atoms with Crippen LogP contribution < -0.4 is 4.72 Å². The Kier molecular flexibility index (Phi) is 6.28. The number of ketones is 1. The average molecular weight is 421 g/mol. The molecule has 0 bridgehead atoms. The maximum Gasteiger partial charge on any atom is 0.306 e. The van der Waals surface area contributed by atoms with Crippen LogP contribution in [-0.2, 0) is 19.6 Å². The summed E-state index contributed by atoms with van der Waals surface area (Å²) in [5.41, 5.74) is 1.31. The Hall–Kier alpha value is -2.49. The van der Waals surface area contributed by atoms with Gasteiger partial charge in [0.1, 0.15) is 9.79 Å². The molecule has 0 aliphatic carbocycles. The van der Waals surface area contributed by atoms with Crippen molar-refractivity contribution in [2.45, 2.75) is 24.0 Å². The number of nitrogens with one attached hydrogen (secondary N) is 1. The van der Waals surface area contributed by atoms with Crippen LogP contribution in [0.4, 0.5) is 0 Å². The number of benzene rings is 1. The van der Waals surface area contributed by atoms with Gasteiger partial charge in [0.25, 0.3) is 0 Å². The highest BCUT2D eigenvalue weighted by molar-refractivity contribution is 7.91. The van der Waals surface area contributed by atoms with Gasteiger partial charge in [0, 0.05) is 23.9 Å². The van der Waals surface area contributed by atoms with Crippen molar-refractivity contribution in [3.05, 3.63) is 53.1 Å². The summed E-state index contributed by atoms with van der Waals surface area (Å²) < 4.78 is 37.1. The molecule has 1 N–H and O–H groups in total. The van der Waals surface area contributed by atoms with E-state index < -0.39 is 28.4 Å². The fraction of sp³-hybridized carbons (Fsp3) is 0.263. The van der Waals surface area contributed by atoms with E-state index in [9.17, 15) is 18.0 Å². The lowest BCUT2D eigenvalue weighted by Crippen LogP contribution is -2.24. The number of esters is 1. The Labute approximate surface area is 166 Å². The Balaban J connectivity index is 1.44. The number of carbonyl (C=O) groups excluding carboxylic acids is 2. The summed E-state index contributed by atoms with van der Waals surface area (Å²) in [6.45, 7) is 1.47. The van der Waals surface area contributed by atoms with Crippen molar-refractivity contribution < 1.29 is 27.2 Å². The van der Waals surface area contributed by atoms with Gasteiger partial charge in [-0.25, -0.2) is 13.1 Å². The predicted molar refractivity (Wildman–Crippen MR) is 105 cm³/mol. The third-order valence-corrected chi connectivity index (χ3v) is 6.93. The van der Waals surface area contributed by atoms with E-state index in [1.165, 1.54) is 6.07 Å². The monoisotopic (exact) mass is 421 g/mol. The molecule has 0 amide bonds. The second-order valence-electron chi connectivity index (χ2n) is 6.07. The highest BCUT2D eigenvalue weighted by atomic mass is 32.2. The Morgan fingerprint density at radius 3 is 2.68 bits per heavy atom. The molecule has 2 heterocycles. The summed E-state index contributed by atoms with van der Waals surface area (Å²) in [6.07, 6.45) is 0.265. The lowest BCUT2D eigenvalue weighted by Gasteiger charge is -2.05. The Bertz CT molecular complexity index is 1080. The number of furan rings is 1. The highest BCUT2D eigenvalue weighted by Crippen LogP contribution is 2.25. The Morgan fingerprint density at radius 2 is 1.96 bits per heavy atom. The fourth-order valence-electron chi connectivity index (χ4n) is 2.65. The minimum atomic E-state index is -3.54. The van der Waals surface area contributed by atoms with Crippen LogP contribution in [0.3, 0.4) is 0 Å². The number of rotatable bonds is 9. The van der Waals surface area contributed by atoms with Crippen LogP contribution in [-0.4, -0.2) is 33.3 Å². The number of carbonyl (C=O) groups is 2. The summed E-state index contributed by atoms with van der Waals surface area (Å²) in [5, 5.41) is 2.52. The summed E-state index contributed by atoms with van der Waals surface area (Å²) >= 11 is 1.12. The number of ether oxygens (including phenoxy) is 1. The van der Waals surface area contributed by atoms with E-state index in [-0.39, 0.29) is 29.4 Å². The van der Waals surface area contributed by atoms with Crippen LogP contribution in [0.25, 0.3) is 11.0 Å². The van der Waals surface area contributed by atoms with Gasteiger partial charge in [0.2, 0.25) is 15.8 Å². The van der Waals surface area contributed by atoms with Crippen molar-refractivity contribution in [1.29, 1.82) is 0 Å². The first-order valence-electron chi connectivity index (χ1n) is 8.58. The van der Waals surface area contributed by atoms with Crippen LogP contribution in [0, 0.1) is 6.92 Å². The standard InChI is InChI=1S/C19H19NO6S2/c1-13-14-6-2-3-7-16(14)26-19(13)15(21)12-25-17(22)8-4-10-20-28(23,24)18-9-5-11-27-18/h2-3,5-7,9,11,20H,4,8,10,12H2,1H3. The quantitative estimate of drug-likeness (QED) is 0.323. The average Bonchev–Trinajstić information content (AvgIpc) is 3.33. The van der Waals surface area contributed by atoms with E-state index in [0.29, 0.717) is 11.1 Å². The van der Waals surface area contributed by atoms with Crippen LogP contribution in [0.15, 0.2) is 50.4 Å². The van der Waals surface area contributed by atoms with E-state index in [4.69, 9.17) is 9.15 Å². The smallest absolute Gasteiger partial charge is 0.306 e. The summed E-state index contributed by atoms with van der Waals surface area (Å²) in [5.74, 6) is -0.810. The van der Waals surface area contributed by atoms with Gasteiger partial charge in [-0.05, 0) is 30.9 Å². The Morgan fingerprint density at radius 1 is 1.18 bits per heavy atom. The minimum Gasteiger partial charge on any atom is -0.457 e. The van der Waals surface area contributed by atoms with Gasteiger partial charge in [-0.1, -0.05) is 24.3 Å². The molecule has 28 heavy (non-hydrogen) atoms. The van der Waals surface area contributed by atoms with Crippen molar-refractivity contribution in [2.75, 3.05) is 13.2 Å². The largest absolute Gasteiger partial charge is 0.457 e. The third-order valence-electron chi connectivity index (χ3n) is 4.07. The second-order valence-corrected chi connectivity index (χ2v) is 9.01. The molecule has 9 heteroatoms. The molecule has 0 saturated heterocycles. The van der Waals surface area contributed by atoms with Crippen molar-refractivity contribution >= 4 is 44.1 Å². The molecule has 0 spiro atoms. The number of Topliss-reactive ketones (excluding diaryl/α,β-unsaturated/α-hetero) is 1. The highest BCUT2D eigenvalue weighted by Gasteiger charge is 2.19. The maximum absolute atomic E-state index is 12.3. The second kappa shape index (κ2) is 8.68. The molecule has 1 aromatic carbocycles. The first kappa shape index (κ1) is 20.2. The van der Waals surface area contributed by atoms with Gasteiger partial charge < -0.3 is 9.15 Å². The van der Waals surface area contributed by atoms with E-state index in [0.717, 1.165) is 16.7 Å². The molecule has 0 fully saturated rings. The van der Waals surface area contributed by atoms with Gasteiger partial charge in [0.15, 0.2) is 12.4 Å². The normalized spacial score (nSPS) is 11.6. The zero-order valence-electron chi connectivity index (χ0n) is 15.1. The van der Waals surface area contributed by atoms with E-state index in [1.54, 1.807) is 24.4 Å². The van der Waals surface area contributed by atoms with Gasteiger partial charge in [-0.3, -0.25) is 9.59 Å². The van der Waals surface area contributed by atoms with Crippen LogP contribution >= 0.6 is 11.3 Å². The summed E-state index contributed by atoms with van der Waals surface area (Å²) in [7, 11) is -3.54. The molecule has 0 aliphatic heterocycles. The number of thiophene rings is 1. The van der Waals surface area contributed by atoms with Crippen molar-refractivity contribution in [1.82, 2.24) is 4.72 Å². The van der Waals surface area contributed by atoms with Crippen LogP contribution in [0.2, 0.25) is 0 Å². The topological polar surface area (TPSA) is 103 Å². The predicted octanol–water partition coefficient (Wildman–Crippen LogP) is 3.29. The fourth-order valence-corrected chi connectivity index (χ4v) is 4.76. The van der Waals surface area contributed by atoms with Gasteiger partial charge in [-0.15, -0.1) is 11.3 Å². The number of hydrogen-bond acceptors (Lipinski definition) is 7. The van der Waals surface area contributed by atoms with Crippen molar-refractivity contribution in [3.63, 3.8) is 0 Å². The first-order valence-corrected chi connectivity index (χ1v) is 10.9. The lowest BCUT2D eigenvalue weighted by atomic mass is 10.1. The SMILES string of the molecule is Cc1c(C(=O)COC(=O)CCCNS(=O)(=O)c2cccs2)oc2ccccc12. The molecule has 0 radical (unpaired) electrons. The van der Waals surface area contributed by atoms with E-state index >= 15 is 0 Å². The zero-order chi connectivity index (χ0) is 20.1. The molecule has 2 aromatic heterocycles. The summed E-state index contributed by atoms with van der Waals surface area (Å²) in [6, 6.07) is 10.4. The molecule has 3 rings (SSSR count). The zero-order valence-corrected chi connectivity index (χ0v) is 16.8. The number of sulfonamides is 1. The van der Waals surface area contributed by atoms with E-state index in [2.05, 4.69) is 4.72 Å². The van der Waals surface area contributed by atoms with Gasteiger partial charge >= 0.3 is 5.97 Å². The number of fused-ring (bicyclic) bond motifs is 1. The molecule has 0 unspecified atom stereocenters. The molecule has 3 aromatic rings. The molecular formula is C19H19NO6S2. The molecule has 148 valence electrons.